The second-order valence-corrected chi connectivity index (χ2v) is 4.62. The first kappa shape index (κ1) is 17.0. The van der Waals surface area contributed by atoms with Gasteiger partial charge in [0.2, 0.25) is 5.91 Å². The molecule has 0 heterocycles. The van der Waals surface area contributed by atoms with Crippen LogP contribution in [0.1, 0.15) is 29.3 Å². The van der Waals surface area contributed by atoms with E-state index in [4.69, 9.17) is 16.7 Å². The maximum absolute atomic E-state index is 11.9. The molecule has 0 saturated heterocycles. The lowest BCUT2D eigenvalue weighted by Crippen LogP contribution is -2.33. The van der Waals surface area contributed by atoms with Gasteiger partial charge in [0.1, 0.15) is 0 Å². The van der Waals surface area contributed by atoms with E-state index in [1.54, 1.807) is 12.1 Å². The number of aliphatic hydroxyl groups is 1. The lowest BCUT2D eigenvalue weighted by molar-refractivity contribution is -0.118. The summed E-state index contributed by atoms with van der Waals surface area (Å²) < 4.78 is 0. The standard InChI is InChI=1S/C15H17ClN2O3/c1-11(20)17-7-8-18-15(21)13-6-5-12(14(16)10-13)4-2-3-9-19/h5-6,10,19H,3,7-9H2,1H3,(H,17,20)(H,18,21). The molecule has 2 amide bonds. The van der Waals surface area contributed by atoms with Crippen molar-refractivity contribution >= 4 is 23.4 Å². The van der Waals surface area contributed by atoms with Crippen molar-refractivity contribution in [2.45, 2.75) is 13.3 Å². The molecular formula is C15H17ClN2O3. The summed E-state index contributed by atoms with van der Waals surface area (Å²) in [5, 5.41) is 14.3. The summed E-state index contributed by atoms with van der Waals surface area (Å²) in [7, 11) is 0. The summed E-state index contributed by atoms with van der Waals surface area (Å²) in [5.74, 6) is 5.18. The second kappa shape index (κ2) is 9.01. The van der Waals surface area contributed by atoms with Crippen molar-refractivity contribution in [3.63, 3.8) is 0 Å². The minimum Gasteiger partial charge on any atom is -0.395 e. The molecular weight excluding hydrogens is 292 g/mol. The quantitative estimate of drug-likeness (QED) is 0.559. The molecule has 3 N–H and O–H groups in total. The fourth-order valence-electron chi connectivity index (χ4n) is 1.49. The van der Waals surface area contributed by atoms with Crippen LogP contribution in [0.5, 0.6) is 0 Å². The van der Waals surface area contributed by atoms with Gasteiger partial charge < -0.3 is 15.7 Å². The van der Waals surface area contributed by atoms with E-state index in [0.29, 0.717) is 35.7 Å². The Hall–Kier alpha value is -2.03. The number of carbonyl (C=O) groups excluding carboxylic acids is 2. The molecule has 5 nitrogen and oxygen atoms in total. The number of hydrogen-bond donors (Lipinski definition) is 3. The lowest BCUT2D eigenvalue weighted by Gasteiger charge is -2.06. The summed E-state index contributed by atoms with van der Waals surface area (Å²) in [6.45, 7) is 2.13. The van der Waals surface area contributed by atoms with Crippen LogP contribution in [0.3, 0.4) is 0 Å². The van der Waals surface area contributed by atoms with Gasteiger partial charge in [0.15, 0.2) is 0 Å². The van der Waals surface area contributed by atoms with Crippen LogP contribution in [-0.4, -0.2) is 36.6 Å². The van der Waals surface area contributed by atoms with Gasteiger partial charge in [-0.2, -0.15) is 0 Å². The third-order valence-electron chi connectivity index (χ3n) is 2.48. The van der Waals surface area contributed by atoms with Crippen molar-refractivity contribution in [1.82, 2.24) is 10.6 Å². The van der Waals surface area contributed by atoms with Crippen molar-refractivity contribution < 1.29 is 14.7 Å². The molecule has 0 radical (unpaired) electrons. The minimum absolute atomic E-state index is 0.000588. The summed E-state index contributed by atoms with van der Waals surface area (Å²) >= 11 is 6.05. The van der Waals surface area contributed by atoms with Crippen molar-refractivity contribution in [3.8, 4) is 11.8 Å². The topological polar surface area (TPSA) is 78.4 Å². The van der Waals surface area contributed by atoms with Crippen molar-refractivity contribution in [1.29, 1.82) is 0 Å². The third-order valence-corrected chi connectivity index (χ3v) is 2.79. The number of aliphatic hydroxyl groups excluding tert-OH is 1. The van der Waals surface area contributed by atoms with E-state index >= 15 is 0 Å². The maximum atomic E-state index is 11.9. The zero-order valence-corrected chi connectivity index (χ0v) is 12.5. The number of carbonyl (C=O) groups is 2. The van der Waals surface area contributed by atoms with Crippen LogP contribution in [0.4, 0.5) is 0 Å². The smallest absolute Gasteiger partial charge is 0.251 e. The summed E-state index contributed by atoms with van der Waals surface area (Å²) in [6, 6.07) is 4.83. The monoisotopic (exact) mass is 308 g/mol. The molecule has 0 aromatic heterocycles. The zero-order chi connectivity index (χ0) is 15.7. The van der Waals surface area contributed by atoms with E-state index in [9.17, 15) is 9.59 Å². The van der Waals surface area contributed by atoms with Crippen LogP contribution >= 0.6 is 11.6 Å². The molecule has 0 aliphatic carbocycles. The van der Waals surface area contributed by atoms with Gasteiger partial charge in [0.25, 0.3) is 5.91 Å². The maximum Gasteiger partial charge on any atom is 0.251 e. The highest BCUT2D eigenvalue weighted by Crippen LogP contribution is 2.17. The normalized spacial score (nSPS) is 9.48. The van der Waals surface area contributed by atoms with Gasteiger partial charge in [-0.3, -0.25) is 9.59 Å². The lowest BCUT2D eigenvalue weighted by atomic mass is 10.1. The first-order valence-corrected chi connectivity index (χ1v) is 6.84. The summed E-state index contributed by atoms with van der Waals surface area (Å²) in [4.78, 5) is 22.5. The second-order valence-electron chi connectivity index (χ2n) is 4.21. The molecule has 0 saturated carbocycles. The van der Waals surface area contributed by atoms with Crippen LogP contribution in [0.25, 0.3) is 0 Å². The summed E-state index contributed by atoms with van der Waals surface area (Å²) in [6.07, 6.45) is 0.377. The van der Waals surface area contributed by atoms with Crippen LogP contribution < -0.4 is 10.6 Å². The molecule has 0 fully saturated rings. The first-order valence-electron chi connectivity index (χ1n) is 6.46. The Balaban J connectivity index is 2.60. The number of halogens is 1. The first-order chi connectivity index (χ1) is 10.0. The Kier molecular flexibility index (Phi) is 7.30. The Labute approximate surface area is 128 Å². The third kappa shape index (κ3) is 6.30. The molecule has 1 rings (SSSR count). The van der Waals surface area contributed by atoms with Gasteiger partial charge in [-0.25, -0.2) is 0 Å². The number of amides is 2. The molecule has 0 aliphatic heterocycles. The van der Waals surface area contributed by atoms with Crippen molar-refractivity contribution in [2.24, 2.45) is 0 Å². The largest absolute Gasteiger partial charge is 0.395 e. The van der Waals surface area contributed by atoms with E-state index in [1.165, 1.54) is 13.0 Å². The minimum atomic E-state index is -0.267. The molecule has 0 unspecified atom stereocenters. The average molecular weight is 309 g/mol. The Morgan fingerprint density at radius 2 is 2.00 bits per heavy atom. The Bertz CT molecular complexity index is 576. The molecule has 0 atom stereocenters. The molecule has 0 aliphatic rings. The number of benzene rings is 1. The van der Waals surface area contributed by atoms with Crippen molar-refractivity contribution in [3.05, 3.63) is 34.3 Å². The van der Waals surface area contributed by atoms with Crippen LogP contribution in [-0.2, 0) is 4.79 Å². The van der Waals surface area contributed by atoms with E-state index in [-0.39, 0.29) is 18.4 Å². The van der Waals surface area contributed by atoms with E-state index < -0.39 is 0 Å². The fraction of sp³-hybridized carbons (Fsp3) is 0.333. The molecule has 1 aromatic rings. The van der Waals surface area contributed by atoms with Crippen LogP contribution in [0.2, 0.25) is 5.02 Å². The highest BCUT2D eigenvalue weighted by Gasteiger charge is 2.07. The Morgan fingerprint density at radius 1 is 1.29 bits per heavy atom. The van der Waals surface area contributed by atoms with E-state index in [1.807, 2.05) is 0 Å². The molecule has 112 valence electrons. The van der Waals surface area contributed by atoms with E-state index in [0.717, 1.165) is 0 Å². The fourth-order valence-corrected chi connectivity index (χ4v) is 1.72. The summed E-state index contributed by atoms with van der Waals surface area (Å²) in [5.41, 5.74) is 1.04. The molecule has 6 heteroatoms. The Morgan fingerprint density at radius 3 is 2.62 bits per heavy atom. The number of hydrogen-bond acceptors (Lipinski definition) is 3. The predicted molar refractivity (Wildman–Crippen MR) is 81.0 cm³/mol. The predicted octanol–water partition coefficient (Wildman–Crippen LogP) is 0.940. The highest BCUT2D eigenvalue weighted by molar-refractivity contribution is 6.32. The molecule has 1 aromatic carbocycles. The SMILES string of the molecule is CC(=O)NCCNC(=O)c1ccc(C#CCCO)c(Cl)c1. The van der Waals surface area contributed by atoms with E-state index in [2.05, 4.69) is 22.5 Å². The zero-order valence-electron chi connectivity index (χ0n) is 11.7. The van der Waals surface area contributed by atoms with Gasteiger partial charge in [0.05, 0.1) is 11.6 Å². The van der Waals surface area contributed by atoms with Crippen LogP contribution in [0.15, 0.2) is 18.2 Å². The molecule has 0 spiro atoms. The van der Waals surface area contributed by atoms with Crippen LogP contribution in [0, 0.1) is 11.8 Å². The molecule has 0 bridgehead atoms. The van der Waals surface area contributed by atoms with Gasteiger partial charge in [0, 0.05) is 37.6 Å². The van der Waals surface area contributed by atoms with Gasteiger partial charge >= 0.3 is 0 Å². The average Bonchev–Trinajstić information content (AvgIpc) is 2.45. The number of rotatable bonds is 5. The van der Waals surface area contributed by atoms with Gasteiger partial charge in [-0.1, -0.05) is 23.4 Å². The highest BCUT2D eigenvalue weighted by atomic mass is 35.5. The molecule has 21 heavy (non-hydrogen) atoms. The number of nitrogens with one attached hydrogen (secondary N) is 2. The van der Waals surface area contributed by atoms with Gasteiger partial charge in [-0.15, -0.1) is 0 Å². The van der Waals surface area contributed by atoms with Gasteiger partial charge in [-0.05, 0) is 18.2 Å². The van der Waals surface area contributed by atoms with Crippen molar-refractivity contribution in [2.75, 3.05) is 19.7 Å².